The number of ether oxygens (including phenoxy) is 2. The maximum atomic E-state index is 13.1. The highest BCUT2D eigenvalue weighted by Gasteiger charge is 2.62. The van der Waals surface area contributed by atoms with Crippen LogP contribution in [-0.4, -0.2) is 129 Å². The number of aryl methyl sites for hydroxylation is 1. The highest BCUT2D eigenvalue weighted by molar-refractivity contribution is 7.90. The number of fused-ring (bicyclic) bond motifs is 15. The first-order valence-corrected chi connectivity index (χ1v) is 43.0. The molecule has 0 aliphatic heterocycles. The summed E-state index contributed by atoms with van der Waals surface area (Å²) in [4.78, 5) is 44.3. The van der Waals surface area contributed by atoms with Crippen LogP contribution in [-0.2, 0) is 29.1 Å². The number of carbonyl (C=O) groups is 3. The summed E-state index contributed by atoms with van der Waals surface area (Å²) < 4.78 is 36.5. The topological polar surface area (TPSA) is 285 Å². The highest BCUT2D eigenvalue weighted by Crippen LogP contribution is 2.68. The molecule has 4 N–H and O–H groups in total. The van der Waals surface area contributed by atoms with E-state index in [1.807, 2.05) is 126 Å². The summed E-state index contributed by atoms with van der Waals surface area (Å²) in [6.45, 7) is 30.6. The number of rotatable bonds is 11. The van der Waals surface area contributed by atoms with Crippen molar-refractivity contribution in [2.75, 3.05) is 28.2 Å². The molecule has 0 spiro atoms. The fourth-order valence-electron chi connectivity index (χ4n) is 25.3. The van der Waals surface area contributed by atoms with Gasteiger partial charge in [0.15, 0.2) is 11.6 Å². The minimum absolute atomic E-state index is 0. The molecule has 0 radical (unpaired) electrons. The molecular formula is C90H153N9O10S. The van der Waals surface area contributed by atoms with E-state index in [4.69, 9.17) is 20.3 Å². The molecule has 0 amide bonds. The van der Waals surface area contributed by atoms with Crippen molar-refractivity contribution in [3.05, 3.63) is 64.4 Å². The van der Waals surface area contributed by atoms with Crippen LogP contribution in [0.25, 0.3) is 10.4 Å². The largest absolute Gasteiger partial charge is 0.390 e. The first-order chi connectivity index (χ1) is 49.9. The number of allylic oxidation sites excluding steroid dienone is 1. The molecule has 12 saturated carbocycles. The molecule has 12 fully saturated rings. The van der Waals surface area contributed by atoms with Gasteiger partial charge in [-0.3, -0.25) is 19.3 Å². The third-order valence-corrected chi connectivity index (χ3v) is 31.0. The number of hydrogen-bond donors (Lipinski definition) is 4. The van der Waals surface area contributed by atoms with Gasteiger partial charge in [-0.1, -0.05) is 60.7 Å². The average Bonchev–Trinajstić information content (AvgIpc) is 1.49. The van der Waals surface area contributed by atoms with Crippen LogP contribution in [0.3, 0.4) is 0 Å². The van der Waals surface area contributed by atoms with Crippen molar-refractivity contribution in [1.29, 1.82) is 5.26 Å². The number of H-pyrrole nitrogens is 1. The van der Waals surface area contributed by atoms with E-state index < -0.39 is 26.8 Å². The van der Waals surface area contributed by atoms with Gasteiger partial charge in [0, 0.05) is 54.4 Å². The van der Waals surface area contributed by atoms with E-state index in [0.29, 0.717) is 40.4 Å². The standard InChI is InChI=1S/C24H39NO2.C22H33N3O2.C21H34O2.C11H25NO2.C7H7N3O2S.C2H3N.3CH4/c1-23(27)12-9-17-16(15-23)5-6-19-18(17)10-13-24(2)20(19)7-8-21(24)22(26)11-14-25(3)4;1-21(27)9-7-14-13(11-21)3-4-16-15(14)8-10-22(2)17(16)5-6-18(22)20(26)19-12-23-25-24-19;1-13(22)18-6-7-19-17-5-4-14-12-20(2,23)10-8-15(14)16(17)9-11-21(18,19)3;1-10(2,3)13-9(12(7)8)14-11(4,5)6;1-6-2-4-7(5-3-6)13(11,12)10-9-8;1-2-3;;;/h11,14,16-21,27H,5-10,12-13,15H2,1-4H3;12-18,27H,3-11H2,1-2H3,(H,23,24,25);14-19,23H,4-12H2,1-3H3;9H,1-8H3;2-5H,1H3;1H3;3*1H4/b14-11+;;;;;;;;/t16-,17+,18-,19-,20+,21-,23-,24+;13-,14+,15-,16-,17+,18-,21-,22+;14-,15+,16-,17-,18-,19+,20-,21-;;;;;;/m111....../s1. The number of sulfonamides is 1. The zero-order valence-corrected chi connectivity index (χ0v) is 70.1. The number of nitrogens with zero attached hydrogens (tertiary/aromatic N) is 8. The Bertz CT molecular complexity index is 3530. The smallest absolute Gasteiger partial charge is 0.264 e. The Kier molecular flexibility index (Phi) is 32.2. The van der Waals surface area contributed by atoms with E-state index in [2.05, 4.69) is 45.6 Å². The van der Waals surface area contributed by atoms with Crippen LogP contribution in [0.1, 0.15) is 309 Å². The summed E-state index contributed by atoms with van der Waals surface area (Å²) in [6.07, 6.45) is 37.1. The quantitative estimate of drug-likeness (QED) is 0.0406. The number of carbonyl (C=O) groups excluding carboxylic acids is 3. The lowest BCUT2D eigenvalue weighted by Crippen LogP contribution is -2.51. The average molecular weight is 1550 g/mol. The fraction of sp³-hybridized carbons (Fsp3) is 0.844. The van der Waals surface area contributed by atoms with Crippen molar-refractivity contribution in [1.82, 2.24) is 25.2 Å². The van der Waals surface area contributed by atoms with Crippen LogP contribution < -0.4 is 0 Å². The van der Waals surface area contributed by atoms with Crippen LogP contribution >= 0.6 is 0 Å². The van der Waals surface area contributed by atoms with Gasteiger partial charge in [-0.05, 0) is 392 Å². The number of nitriles is 1. The summed E-state index contributed by atoms with van der Waals surface area (Å²) in [5.74, 6) is 13.6. The van der Waals surface area contributed by atoms with Crippen LogP contribution in [0.15, 0.2) is 52.2 Å². The van der Waals surface area contributed by atoms with Gasteiger partial charge in [0.2, 0.25) is 6.41 Å². The molecule has 624 valence electrons. The number of nitrogens with one attached hydrogen (secondary N) is 1. The zero-order valence-electron chi connectivity index (χ0n) is 69.3. The highest BCUT2D eigenvalue weighted by atomic mass is 32.2. The van der Waals surface area contributed by atoms with E-state index in [-0.39, 0.29) is 73.2 Å². The lowest BCUT2D eigenvalue weighted by molar-refractivity contribution is -0.285. The minimum atomic E-state index is -3.82. The lowest BCUT2D eigenvalue weighted by Gasteiger charge is -2.56. The molecule has 14 rings (SSSR count). The van der Waals surface area contributed by atoms with Gasteiger partial charge in [0.25, 0.3) is 10.0 Å². The molecule has 1 aromatic carbocycles. The third kappa shape index (κ3) is 21.9. The number of aliphatic hydroxyl groups is 3. The Balaban J connectivity index is 0.000000217. The van der Waals surface area contributed by atoms with E-state index >= 15 is 0 Å². The first-order valence-electron chi connectivity index (χ1n) is 41.6. The van der Waals surface area contributed by atoms with Gasteiger partial charge in [-0.25, -0.2) is 8.42 Å². The first kappa shape index (κ1) is 94.3. The summed E-state index contributed by atoms with van der Waals surface area (Å²) >= 11 is 0. The summed E-state index contributed by atoms with van der Waals surface area (Å²) in [6, 6.07) is 7.83. The van der Waals surface area contributed by atoms with Gasteiger partial charge >= 0.3 is 0 Å². The van der Waals surface area contributed by atoms with Crippen molar-refractivity contribution in [3.8, 4) is 6.07 Å². The van der Waals surface area contributed by atoms with Crippen LogP contribution in [0.4, 0.5) is 0 Å². The van der Waals surface area contributed by atoms with Crippen LogP contribution in [0, 0.1) is 141 Å². The predicted octanol–water partition coefficient (Wildman–Crippen LogP) is 20.1. The molecule has 1 aromatic heterocycles. The molecule has 12 aliphatic carbocycles. The van der Waals surface area contributed by atoms with Crippen molar-refractivity contribution in [3.63, 3.8) is 0 Å². The van der Waals surface area contributed by atoms with Crippen molar-refractivity contribution in [2.45, 2.75) is 339 Å². The second-order valence-corrected chi connectivity index (χ2v) is 41.6. The maximum Gasteiger partial charge on any atom is 0.264 e. The molecule has 19 nitrogen and oxygen atoms in total. The number of ketones is 3. The second-order valence-electron chi connectivity index (χ2n) is 40.0. The molecule has 0 saturated heterocycles. The molecule has 1 heterocycles. The van der Waals surface area contributed by atoms with Gasteiger partial charge in [0.1, 0.15) is 11.5 Å². The summed E-state index contributed by atoms with van der Waals surface area (Å²) in [7, 11) is 4.03. The van der Waals surface area contributed by atoms with E-state index in [9.17, 15) is 38.1 Å². The number of benzene rings is 1. The van der Waals surface area contributed by atoms with E-state index in [0.717, 1.165) is 140 Å². The van der Waals surface area contributed by atoms with Crippen molar-refractivity contribution in [2.24, 2.45) is 127 Å². The molecule has 12 aliphatic rings. The van der Waals surface area contributed by atoms with E-state index in [1.54, 1.807) is 24.4 Å². The predicted molar refractivity (Wildman–Crippen MR) is 441 cm³/mol. The molecule has 2 aromatic rings. The second kappa shape index (κ2) is 37.6. The minimum Gasteiger partial charge on any atom is -0.390 e. The van der Waals surface area contributed by atoms with Gasteiger partial charge in [-0.15, -0.1) is 0 Å². The fourth-order valence-corrected chi connectivity index (χ4v) is 26.0. The molecule has 0 unspecified atom stereocenters. The molecule has 110 heavy (non-hydrogen) atoms. The Morgan fingerprint density at radius 3 is 1.30 bits per heavy atom. The van der Waals surface area contributed by atoms with Crippen LogP contribution in [0.2, 0.25) is 0 Å². The number of hydrogen-bond acceptors (Lipinski definition) is 15. The molecular weight excluding hydrogens is 1400 g/mol. The molecule has 20 heteroatoms. The number of azide groups is 1. The zero-order chi connectivity index (χ0) is 78.8. The van der Waals surface area contributed by atoms with Crippen LogP contribution in [0.5, 0.6) is 0 Å². The van der Waals surface area contributed by atoms with Crippen molar-refractivity contribution < 1.29 is 47.6 Å². The van der Waals surface area contributed by atoms with Gasteiger partial charge in [0.05, 0.1) is 45.2 Å². The molecule has 0 bridgehead atoms. The Morgan fingerprint density at radius 2 is 0.955 bits per heavy atom. The Labute approximate surface area is 666 Å². The molecule has 24 atom stereocenters. The number of aromatic amines is 1. The SMILES string of the molecule is C.C.C.CC#N.CC(=O)[C@H]1CC[C@H]2[C@@H]3CC[C@@H]4C[C@](C)(O)CC[C@@H]4[C@H]3CC[C@]12C.CN(C)/C=C/C(=O)[C@H]1CC[C@H]2[C@@H]3CC[C@@H]4C[C@](C)(O)CC[C@@H]4[C@H]3CC[C@]12C.CN(C)C(OC(C)(C)C)OC(C)(C)C.C[C@@]1(O)CC[C@H]2[C@H](CC[C@@H]3[C@@H]2CC[C@]2(C)[C@@H](C(=O)c4cn[nH]n4)CC[C@@H]32)C1.Cc1ccc(S(=O)(=O)N=[N+]=[N-])cc1. The summed E-state index contributed by atoms with van der Waals surface area (Å²) in [5, 5.41) is 49.4. The van der Waals surface area contributed by atoms with Crippen molar-refractivity contribution >= 4 is 27.4 Å². The Hall–Kier alpha value is -4.58. The Morgan fingerprint density at radius 1 is 0.591 bits per heavy atom. The summed E-state index contributed by atoms with van der Waals surface area (Å²) in [5.41, 5.74) is 8.41. The van der Waals surface area contributed by atoms with Gasteiger partial charge in [-0.2, -0.15) is 20.7 Å². The number of Topliss-reactive ketones (excluding diaryl/α,β-unsaturated/α-hetero) is 2. The number of aromatic nitrogens is 3. The maximum absolute atomic E-state index is 13.1. The van der Waals surface area contributed by atoms with E-state index in [1.165, 1.54) is 135 Å². The third-order valence-electron chi connectivity index (χ3n) is 29.9. The van der Waals surface area contributed by atoms with Gasteiger partial charge < -0.3 is 29.7 Å². The monoisotopic (exact) mass is 1550 g/mol. The normalized spacial score (nSPS) is 38.9. The lowest BCUT2D eigenvalue weighted by atomic mass is 9.49.